The van der Waals surface area contributed by atoms with Crippen molar-refractivity contribution in [1.29, 1.82) is 0 Å². The Morgan fingerprint density at radius 1 is 1.09 bits per heavy atom. The van der Waals surface area contributed by atoms with Gasteiger partial charge in [0.2, 0.25) is 0 Å². The lowest BCUT2D eigenvalue weighted by Gasteiger charge is -2.13. The topological polar surface area (TPSA) is 72.8 Å². The van der Waals surface area contributed by atoms with E-state index in [1.165, 1.54) is 24.3 Å². The molecule has 2 rings (SSSR count). The van der Waals surface area contributed by atoms with Crippen LogP contribution in [0.1, 0.15) is 27.6 Å². The molecule has 0 atom stereocenters. The maximum Gasteiger partial charge on any atom is 0.343 e. The minimum absolute atomic E-state index is 0.0292. The average Bonchev–Trinajstić information content (AvgIpc) is 2.51. The number of carbonyl (C=O) groups is 2. The molecule has 0 aliphatic heterocycles. The van der Waals surface area contributed by atoms with Crippen LogP contribution in [0.4, 0.5) is 0 Å². The maximum absolute atomic E-state index is 12.2. The van der Waals surface area contributed by atoms with Crippen LogP contribution >= 0.6 is 23.2 Å². The van der Waals surface area contributed by atoms with E-state index in [4.69, 9.17) is 37.8 Å². The largest absolute Gasteiger partial charge is 0.490 e. The predicted molar refractivity (Wildman–Crippen MR) is 86.0 cm³/mol. The molecule has 0 aliphatic rings. The summed E-state index contributed by atoms with van der Waals surface area (Å²) < 4.78 is 10.6. The van der Waals surface area contributed by atoms with Gasteiger partial charge in [-0.2, -0.15) is 0 Å². The van der Waals surface area contributed by atoms with Crippen LogP contribution in [-0.4, -0.2) is 23.7 Å². The minimum atomic E-state index is -1.16. The molecule has 1 N–H and O–H groups in total. The number of carboxylic acid groups (broad SMARTS) is 1. The number of carboxylic acids is 1. The minimum Gasteiger partial charge on any atom is -0.490 e. The van der Waals surface area contributed by atoms with Crippen molar-refractivity contribution in [2.45, 2.75) is 6.92 Å². The Hall–Kier alpha value is -2.24. The van der Waals surface area contributed by atoms with Crippen molar-refractivity contribution >= 4 is 35.1 Å². The van der Waals surface area contributed by atoms with Crippen LogP contribution in [0.15, 0.2) is 36.4 Å². The monoisotopic (exact) mass is 354 g/mol. The first-order valence-electron chi connectivity index (χ1n) is 6.59. The Labute approximate surface area is 142 Å². The van der Waals surface area contributed by atoms with Crippen molar-refractivity contribution in [3.8, 4) is 11.5 Å². The molecule has 2 aromatic carbocycles. The lowest BCUT2D eigenvalue weighted by atomic mass is 10.2. The molecule has 0 aliphatic carbocycles. The molecule has 5 nitrogen and oxygen atoms in total. The third-order valence-electron chi connectivity index (χ3n) is 2.83. The summed E-state index contributed by atoms with van der Waals surface area (Å²) in [6.45, 7) is 1.97. The van der Waals surface area contributed by atoms with Crippen LogP contribution in [0.3, 0.4) is 0 Å². The zero-order chi connectivity index (χ0) is 17.0. The van der Waals surface area contributed by atoms with E-state index in [1.54, 1.807) is 19.1 Å². The highest BCUT2D eigenvalue weighted by Crippen LogP contribution is 2.37. The van der Waals surface area contributed by atoms with Crippen molar-refractivity contribution in [2.75, 3.05) is 6.61 Å². The van der Waals surface area contributed by atoms with E-state index >= 15 is 0 Å². The lowest BCUT2D eigenvalue weighted by molar-refractivity contribution is 0.0696. The summed E-state index contributed by atoms with van der Waals surface area (Å²) in [5.74, 6) is -1.77. The first kappa shape index (κ1) is 17.1. The first-order chi connectivity index (χ1) is 10.9. The van der Waals surface area contributed by atoms with Gasteiger partial charge >= 0.3 is 11.9 Å². The summed E-state index contributed by atoms with van der Waals surface area (Å²) in [5, 5.41) is 9.50. The van der Waals surface area contributed by atoms with Gasteiger partial charge in [-0.15, -0.1) is 0 Å². The number of halogens is 2. The molecule has 2 aromatic rings. The number of hydrogen-bond donors (Lipinski definition) is 1. The normalized spacial score (nSPS) is 10.2. The molecular formula is C16H12Cl2O5. The van der Waals surface area contributed by atoms with E-state index < -0.39 is 11.9 Å². The van der Waals surface area contributed by atoms with Crippen molar-refractivity contribution in [1.82, 2.24) is 0 Å². The summed E-state index contributed by atoms with van der Waals surface area (Å²) in [5.41, 5.74) is 0.208. The van der Waals surface area contributed by atoms with Crippen LogP contribution in [0, 0.1) is 0 Å². The SMILES string of the molecule is CCOc1cc(C(=O)O)cc(Cl)c1OC(=O)c1ccc(Cl)cc1. The maximum atomic E-state index is 12.2. The molecule has 0 spiro atoms. The van der Waals surface area contributed by atoms with E-state index in [1.807, 2.05) is 0 Å². The van der Waals surface area contributed by atoms with Crippen LogP contribution in [0.5, 0.6) is 11.5 Å². The van der Waals surface area contributed by atoms with Gasteiger partial charge in [0.05, 0.1) is 22.8 Å². The highest BCUT2D eigenvalue weighted by atomic mass is 35.5. The van der Waals surface area contributed by atoms with Crippen LogP contribution < -0.4 is 9.47 Å². The fraction of sp³-hybridized carbons (Fsp3) is 0.125. The van der Waals surface area contributed by atoms with Gasteiger partial charge in [-0.1, -0.05) is 23.2 Å². The van der Waals surface area contributed by atoms with E-state index in [0.717, 1.165) is 0 Å². The zero-order valence-electron chi connectivity index (χ0n) is 12.0. The molecule has 0 saturated heterocycles. The van der Waals surface area contributed by atoms with Gasteiger partial charge in [0.1, 0.15) is 0 Å². The van der Waals surface area contributed by atoms with Crippen molar-refractivity contribution in [2.24, 2.45) is 0 Å². The molecule has 0 radical (unpaired) electrons. The second kappa shape index (κ2) is 7.35. The fourth-order valence-electron chi connectivity index (χ4n) is 1.79. The summed E-state index contributed by atoms with van der Waals surface area (Å²) in [4.78, 5) is 23.2. The van der Waals surface area contributed by atoms with Gasteiger partial charge in [-0.25, -0.2) is 9.59 Å². The second-order valence-corrected chi connectivity index (χ2v) is 5.26. The van der Waals surface area contributed by atoms with Crippen LogP contribution in [0.25, 0.3) is 0 Å². The average molecular weight is 355 g/mol. The van der Waals surface area contributed by atoms with Crippen molar-refractivity contribution in [3.05, 3.63) is 57.6 Å². The van der Waals surface area contributed by atoms with Crippen molar-refractivity contribution < 1.29 is 24.2 Å². The zero-order valence-corrected chi connectivity index (χ0v) is 13.5. The summed E-state index contributed by atoms with van der Waals surface area (Å²) in [6.07, 6.45) is 0. The number of benzene rings is 2. The standard InChI is InChI=1S/C16H12Cl2O5/c1-2-22-13-8-10(15(19)20)7-12(18)14(13)23-16(21)9-3-5-11(17)6-4-9/h3-8H,2H2,1H3,(H,19,20). The molecule has 0 amide bonds. The number of carbonyl (C=O) groups excluding carboxylic acids is 1. The summed E-state index contributed by atoms with van der Waals surface area (Å²) in [6, 6.07) is 8.56. The number of hydrogen-bond acceptors (Lipinski definition) is 4. The molecule has 0 fully saturated rings. The van der Waals surface area contributed by atoms with E-state index in [-0.39, 0.29) is 34.3 Å². The Kier molecular flexibility index (Phi) is 5.47. The summed E-state index contributed by atoms with van der Waals surface area (Å²) >= 11 is 11.8. The van der Waals surface area contributed by atoms with Gasteiger partial charge in [0, 0.05) is 5.02 Å². The third kappa shape index (κ3) is 4.15. The quantitative estimate of drug-likeness (QED) is 0.639. The van der Waals surface area contributed by atoms with Gasteiger partial charge in [0.25, 0.3) is 0 Å². The van der Waals surface area contributed by atoms with Gasteiger partial charge in [-0.3, -0.25) is 0 Å². The molecule has 120 valence electrons. The smallest absolute Gasteiger partial charge is 0.343 e. The molecule has 0 unspecified atom stereocenters. The van der Waals surface area contributed by atoms with E-state index in [9.17, 15) is 9.59 Å². The number of aromatic carboxylic acids is 1. The van der Waals surface area contributed by atoms with Gasteiger partial charge < -0.3 is 14.6 Å². The fourth-order valence-corrected chi connectivity index (χ4v) is 2.17. The van der Waals surface area contributed by atoms with E-state index in [2.05, 4.69) is 0 Å². The van der Waals surface area contributed by atoms with Crippen LogP contribution in [0.2, 0.25) is 10.0 Å². The first-order valence-corrected chi connectivity index (χ1v) is 7.35. The third-order valence-corrected chi connectivity index (χ3v) is 3.36. The number of ether oxygens (including phenoxy) is 2. The molecule has 0 bridgehead atoms. The van der Waals surface area contributed by atoms with E-state index in [0.29, 0.717) is 5.02 Å². The molecule has 23 heavy (non-hydrogen) atoms. The number of rotatable bonds is 5. The van der Waals surface area contributed by atoms with Crippen molar-refractivity contribution in [3.63, 3.8) is 0 Å². The lowest BCUT2D eigenvalue weighted by Crippen LogP contribution is -2.10. The Morgan fingerprint density at radius 2 is 1.74 bits per heavy atom. The predicted octanol–water partition coefficient (Wildman–Crippen LogP) is 4.31. The molecule has 0 aromatic heterocycles. The Morgan fingerprint density at radius 3 is 2.30 bits per heavy atom. The Balaban J connectivity index is 2.36. The summed E-state index contributed by atoms with van der Waals surface area (Å²) in [7, 11) is 0. The molecular weight excluding hydrogens is 343 g/mol. The van der Waals surface area contributed by atoms with Gasteiger partial charge in [-0.05, 0) is 43.3 Å². The van der Waals surface area contributed by atoms with Gasteiger partial charge in [0.15, 0.2) is 11.5 Å². The second-order valence-electron chi connectivity index (χ2n) is 4.42. The highest BCUT2D eigenvalue weighted by molar-refractivity contribution is 6.33. The highest BCUT2D eigenvalue weighted by Gasteiger charge is 2.19. The molecule has 0 heterocycles. The Bertz CT molecular complexity index is 741. The molecule has 7 heteroatoms. The van der Waals surface area contributed by atoms with Crippen LogP contribution in [-0.2, 0) is 0 Å². The molecule has 0 saturated carbocycles. The number of esters is 1.